The van der Waals surface area contributed by atoms with Gasteiger partial charge in [0.25, 0.3) is 0 Å². The van der Waals surface area contributed by atoms with E-state index in [9.17, 15) is 4.79 Å². The molecule has 0 bridgehead atoms. The summed E-state index contributed by atoms with van der Waals surface area (Å²) in [6.07, 6.45) is 1.56. The Balaban J connectivity index is 3.13. The molecule has 12 heavy (non-hydrogen) atoms. The van der Waals surface area contributed by atoms with E-state index in [2.05, 4.69) is 5.10 Å². The number of carbonyl (C=O) groups is 1. The zero-order chi connectivity index (χ0) is 9.30. The first-order valence-electron chi connectivity index (χ1n) is 3.67. The summed E-state index contributed by atoms with van der Waals surface area (Å²) in [4.78, 5) is 10.7. The Labute approximate surface area is 70.3 Å². The van der Waals surface area contributed by atoms with Crippen LogP contribution in [0.5, 0.6) is 0 Å². The van der Waals surface area contributed by atoms with Gasteiger partial charge in [0.2, 0.25) is 0 Å². The molecule has 0 aliphatic heterocycles. The molecule has 0 unspecified atom stereocenters. The largest absolute Gasteiger partial charge is 0.383 e. The molecule has 0 saturated heterocycles. The van der Waals surface area contributed by atoms with Gasteiger partial charge in [0.05, 0.1) is 6.20 Å². The lowest BCUT2D eigenvalue weighted by Crippen LogP contribution is -2.22. The molecule has 1 aromatic rings. The highest BCUT2D eigenvalue weighted by atomic mass is 16.2. The molecule has 0 aliphatic carbocycles. The highest BCUT2D eigenvalue weighted by Gasteiger charge is 2.12. The van der Waals surface area contributed by atoms with Crippen molar-refractivity contribution in [3.63, 3.8) is 0 Å². The Kier molecular flexibility index (Phi) is 2.03. The third kappa shape index (κ3) is 1.25. The van der Waals surface area contributed by atoms with E-state index in [4.69, 9.17) is 11.5 Å². The van der Waals surface area contributed by atoms with Gasteiger partial charge in [0.15, 0.2) is 0 Å². The number of nitrogens with two attached hydrogens (primary N) is 2. The second-order valence-electron chi connectivity index (χ2n) is 2.89. The highest BCUT2D eigenvalue weighted by molar-refractivity contribution is 5.77. The van der Waals surface area contributed by atoms with E-state index >= 15 is 0 Å². The minimum absolute atomic E-state index is 0.248. The van der Waals surface area contributed by atoms with E-state index in [-0.39, 0.29) is 5.92 Å². The minimum atomic E-state index is -0.653. The molecule has 1 heterocycles. The molecule has 4 N–H and O–H groups in total. The number of carbonyl (C=O) groups excluding carboxylic acids is 1. The zero-order valence-electron chi connectivity index (χ0n) is 7.11. The topological polar surface area (TPSA) is 86.9 Å². The van der Waals surface area contributed by atoms with Crippen LogP contribution in [0, 0.1) is 0 Å². The third-order valence-corrected chi connectivity index (χ3v) is 1.67. The van der Waals surface area contributed by atoms with E-state index in [1.807, 2.05) is 13.8 Å². The molecule has 0 aromatic carbocycles. The molecule has 0 fully saturated rings. The van der Waals surface area contributed by atoms with Crippen LogP contribution >= 0.6 is 0 Å². The van der Waals surface area contributed by atoms with Crippen molar-refractivity contribution < 1.29 is 4.79 Å². The van der Waals surface area contributed by atoms with Crippen molar-refractivity contribution in [2.45, 2.75) is 19.8 Å². The van der Waals surface area contributed by atoms with Crippen LogP contribution in [0.25, 0.3) is 0 Å². The molecule has 1 aromatic heterocycles. The number of primary amides is 1. The van der Waals surface area contributed by atoms with Crippen molar-refractivity contribution in [2.24, 2.45) is 5.73 Å². The van der Waals surface area contributed by atoms with Crippen LogP contribution < -0.4 is 11.5 Å². The first-order valence-corrected chi connectivity index (χ1v) is 3.67. The quantitative estimate of drug-likeness (QED) is 0.640. The molecule has 1 amide bonds. The van der Waals surface area contributed by atoms with Crippen LogP contribution in [-0.4, -0.2) is 15.8 Å². The number of nitrogens with zero attached hydrogens (tertiary/aromatic N) is 2. The van der Waals surface area contributed by atoms with E-state index in [1.54, 1.807) is 6.20 Å². The van der Waals surface area contributed by atoms with Crippen molar-refractivity contribution in [3.8, 4) is 0 Å². The van der Waals surface area contributed by atoms with Gasteiger partial charge in [-0.3, -0.25) is 0 Å². The average Bonchev–Trinajstić information content (AvgIpc) is 2.30. The Morgan fingerprint density at radius 1 is 1.67 bits per heavy atom. The third-order valence-electron chi connectivity index (χ3n) is 1.67. The van der Waals surface area contributed by atoms with E-state index in [1.165, 1.54) is 0 Å². The van der Waals surface area contributed by atoms with Crippen molar-refractivity contribution in [2.75, 3.05) is 5.73 Å². The monoisotopic (exact) mass is 168 g/mol. The molecule has 0 atom stereocenters. The van der Waals surface area contributed by atoms with Gasteiger partial charge < -0.3 is 11.5 Å². The maximum Gasteiger partial charge on any atom is 0.341 e. The molecule has 5 heteroatoms. The predicted molar refractivity (Wildman–Crippen MR) is 45.7 cm³/mol. The van der Waals surface area contributed by atoms with E-state index < -0.39 is 6.03 Å². The van der Waals surface area contributed by atoms with E-state index in [0.717, 1.165) is 10.2 Å². The number of anilines is 1. The second-order valence-corrected chi connectivity index (χ2v) is 2.89. The van der Waals surface area contributed by atoms with Crippen LogP contribution in [0.4, 0.5) is 10.6 Å². The van der Waals surface area contributed by atoms with Crippen molar-refractivity contribution in [3.05, 3.63) is 11.8 Å². The maximum absolute atomic E-state index is 10.7. The van der Waals surface area contributed by atoms with Gasteiger partial charge in [0, 0.05) is 5.56 Å². The first kappa shape index (κ1) is 8.58. The van der Waals surface area contributed by atoms with Crippen LogP contribution in [0.15, 0.2) is 6.20 Å². The summed E-state index contributed by atoms with van der Waals surface area (Å²) >= 11 is 0. The molecular weight excluding hydrogens is 156 g/mol. The molecule has 0 radical (unpaired) electrons. The Bertz CT molecular complexity index is 302. The summed E-state index contributed by atoms with van der Waals surface area (Å²) in [7, 11) is 0. The van der Waals surface area contributed by atoms with Crippen molar-refractivity contribution in [1.82, 2.24) is 9.78 Å². The fraction of sp³-hybridized carbons (Fsp3) is 0.429. The normalized spacial score (nSPS) is 10.6. The molecule has 0 saturated carbocycles. The van der Waals surface area contributed by atoms with Crippen molar-refractivity contribution in [1.29, 1.82) is 0 Å². The Morgan fingerprint density at radius 3 is 2.50 bits per heavy atom. The van der Waals surface area contributed by atoms with Gasteiger partial charge in [-0.25, -0.2) is 4.79 Å². The van der Waals surface area contributed by atoms with E-state index in [0.29, 0.717) is 5.82 Å². The van der Waals surface area contributed by atoms with Crippen LogP contribution in [0.3, 0.4) is 0 Å². The average molecular weight is 168 g/mol. The number of amides is 1. The summed E-state index contributed by atoms with van der Waals surface area (Å²) in [5.74, 6) is 0.579. The van der Waals surface area contributed by atoms with Gasteiger partial charge in [-0.2, -0.15) is 9.78 Å². The van der Waals surface area contributed by atoms with Crippen LogP contribution in [0.2, 0.25) is 0 Å². The zero-order valence-corrected chi connectivity index (χ0v) is 7.11. The standard InChI is InChI=1S/C7H12N4O/c1-4(2)5-3-10-11(6(5)8)7(9)12/h3-4H,8H2,1-2H3,(H2,9,12). The molecular formula is C7H12N4O. The fourth-order valence-corrected chi connectivity index (χ4v) is 0.991. The second kappa shape index (κ2) is 2.84. The number of nitrogen functional groups attached to an aromatic ring is 1. The summed E-state index contributed by atoms with van der Waals surface area (Å²) < 4.78 is 0.995. The molecule has 0 aliphatic rings. The smallest absolute Gasteiger partial charge is 0.341 e. The lowest BCUT2D eigenvalue weighted by atomic mass is 10.1. The number of rotatable bonds is 1. The Hall–Kier alpha value is -1.52. The van der Waals surface area contributed by atoms with Gasteiger partial charge in [-0.15, -0.1) is 0 Å². The maximum atomic E-state index is 10.7. The number of hydrogen-bond acceptors (Lipinski definition) is 3. The summed E-state index contributed by atoms with van der Waals surface area (Å²) in [5, 5.41) is 3.75. The summed E-state index contributed by atoms with van der Waals surface area (Å²) in [6.45, 7) is 3.94. The van der Waals surface area contributed by atoms with Crippen LogP contribution in [0.1, 0.15) is 25.3 Å². The number of aromatic nitrogens is 2. The fourth-order valence-electron chi connectivity index (χ4n) is 0.991. The lowest BCUT2D eigenvalue weighted by Gasteiger charge is -2.02. The minimum Gasteiger partial charge on any atom is -0.383 e. The Morgan fingerprint density at radius 2 is 2.25 bits per heavy atom. The SMILES string of the molecule is CC(C)c1cnn(C(N)=O)c1N. The molecule has 0 spiro atoms. The van der Waals surface area contributed by atoms with Gasteiger partial charge in [0.1, 0.15) is 5.82 Å². The lowest BCUT2D eigenvalue weighted by molar-refractivity contribution is 0.248. The van der Waals surface area contributed by atoms with Gasteiger partial charge in [-0.05, 0) is 5.92 Å². The van der Waals surface area contributed by atoms with Crippen molar-refractivity contribution >= 4 is 11.8 Å². The van der Waals surface area contributed by atoms with Gasteiger partial charge >= 0.3 is 6.03 Å². The van der Waals surface area contributed by atoms with Crippen LogP contribution in [-0.2, 0) is 0 Å². The van der Waals surface area contributed by atoms with Gasteiger partial charge in [-0.1, -0.05) is 13.8 Å². The summed E-state index contributed by atoms with van der Waals surface area (Å²) in [6, 6.07) is -0.653. The number of hydrogen-bond donors (Lipinski definition) is 2. The summed E-state index contributed by atoms with van der Waals surface area (Å²) in [5.41, 5.74) is 11.5. The molecule has 5 nitrogen and oxygen atoms in total. The first-order chi connectivity index (χ1) is 5.54. The predicted octanol–water partition coefficient (Wildman–Crippen LogP) is 0.516. The highest BCUT2D eigenvalue weighted by Crippen LogP contribution is 2.20. The molecule has 1 rings (SSSR count). The molecule has 66 valence electrons.